The number of aliphatic hydroxyl groups excluding tert-OH is 1. The van der Waals surface area contributed by atoms with Crippen molar-refractivity contribution in [2.75, 3.05) is 6.61 Å². The highest BCUT2D eigenvalue weighted by Crippen LogP contribution is 2.13. The molecule has 3 atom stereocenters. The Kier molecular flexibility index (Phi) is 7.25. The summed E-state index contributed by atoms with van der Waals surface area (Å²) in [7, 11) is 0. The SMILES string of the molecule is CCC#C[C@H](C)[C@H](O)[C@@H](C)COCc1ccccc1. The maximum atomic E-state index is 10.1. The molecule has 19 heavy (non-hydrogen) atoms. The van der Waals surface area contributed by atoms with E-state index in [0.29, 0.717) is 13.2 Å². The van der Waals surface area contributed by atoms with E-state index in [4.69, 9.17) is 4.74 Å². The molecule has 0 aliphatic carbocycles. The molecule has 0 amide bonds. The lowest BCUT2D eigenvalue weighted by Gasteiger charge is -2.21. The lowest BCUT2D eigenvalue weighted by Crippen LogP contribution is -2.28. The smallest absolute Gasteiger partial charge is 0.0722 e. The van der Waals surface area contributed by atoms with Crippen molar-refractivity contribution < 1.29 is 9.84 Å². The quantitative estimate of drug-likeness (QED) is 0.796. The van der Waals surface area contributed by atoms with Gasteiger partial charge < -0.3 is 9.84 Å². The molecule has 0 saturated carbocycles. The van der Waals surface area contributed by atoms with Crippen molar-refractivity contribution in [3.05, 3.63) is 35.9 Å². The molecule has 1 aromatic rings. The molecule has 0 aromatic heterocycles. The Morgan fingerprint density at radius 2 is 1.89 bits per heavy atom. The summed E-state index contributed by atoms with van der Waals surface area (Å²) in [6.07, 6.45) is 0.394. The molecule has 0 heterocycles. The molecule has 1 rings (SSSR count). The fourth-order valence-corrected chi connectivity index (χ4v) is 1.88. The zero-order chi connectivity index (χ0) is 14.1. The topological polar surface area (TPSA) is 29.5 Å². The maximum Gasteiger partial charge on any atom is 0.0722 e. The van der Waals surface area contributed by atoms with Gasteiger partial charge in [0.25, 0.3) is 0 Å². The predicted octanol–water partition coefficient (Wildman–Crippen LogP) is 3.25. The summed E-state index contributed by atoms with van der Waals surface area (Å²) in [5.74, 6) is 6.16. The van der Waals surface area contributed by atoms with E-state index in [1.165, 1.54) is 0 Å². The standard InChI is InChI=1S/C17H24O2/c1-4-5-9-14(2)17(18)15(3)12-19-13-16-10-7-6-8-11-16/h6-8,10-11,14-15,17-18H,4,12-13H2,1-3H3/t14-,15-,17-/m0/s1. The van der Waals surface area contributed by atoms with Gasteiger partial charge in [0.1, 0.15) is 0 Å². The second kappa shape index (κ2) is 8.74. The van der Waals surface area contributed by atoms with Crippen molar-refractivity contribution in [1.82, 2.24) is 0 Å². The van der Waals surface area contributed by atoms with Gasteiger partial charge in [0, 0.05) is 18.3 Å². The maximum absolute atomic E-state index is 10.1. The molecule has 1 aromatic carbocycles. The average molecular weight is 260 g/mol. The Balaban J connectivity index is 2.32. The van der Waals surface area contributed by atoms with Gasteiger partial charge in [0.15, 0.2) is 0 Å². The van der Waals surface area contributed by atoms with Crippen LogP contribution in [0.2, 0.25) is 0 Å². The highest BCUT2D eigenvalue weighted by molar-refractivity contribution is 5.13. The first-order chi connectivity index (χ1) is 9.15. The Morgan fingerprint density at radius 3 is 2.53 bits per heavy atom. The van der Waals surface area contributed by atoms with Crippen molar-refractivity contribution in [3.8, 4) is 11.8 Å². The minimum absolute atomic E-state index is 0.00437. The monoisotopic (exact) mass is 260 g/mol. The van der Waals surface area contributed by atoms with E-state index in [0.717, 1.165) is 12.0 Å². The fraction of sp³-hybridized carbons (Fsp3) is 0.529. The lowest BCUT2D eigenvalue weighted by molar-refractivity contribution is 0.0150. The van der Waals surface area contributed by atoms with Crippen molar-refractivity contribution in [3.63, 3.8) is 0 Å². The van der Waals surface area contributed by atoms with Gasteiger partial charge in [-0.25, -0.2) is 0 Å². The molecule has 0 saturated heterocycles. The normalized spacial score (nSPS) is 15.2. The van der Waals surface area contributed by atoms with Gasteiger partial charge in [-0.2, -0.15) is 0 Å². The molecule has 2 heteroatoms. The van der Waals surface area contributed by atoms with Crippen LogP contribution in [0.25, 0.3) is 0 Å². The largest absolute Gasteiger partial charge is 0.391 e. The Hall–Kier alpha value is -1.30. The van der Waals surface area contributed by atoms with Crippen LogP contribution in [0, 0.1) is 23.7 Å². The van der Waals surface area contributed by atoms with E-state index in [1.807, 2.05) is 51.1 Å². The van der Waals surface area contributed by atoms with Crippen LogP contribution >= 0.6 is 0 Å². The van der Waals surface area contributed by atoms with Gasteiger partial charge in [-0.05, 0) is 12.5 Å². The molecule has 104 valence electrons. The van der Waals surface area contributed by atoms with Crippen LogP contribution in [0.4, 0.5) is 0 Å². The summed E-state index contributed by atoms with van der Waals surface area (Å²) in [6.45, 7) is 7.11. The van der Waals surface area contributed by atoms with Gasteiger partial charge in [-0.15, -0.1) is 5.92 Å². The molecular formula is C17H24O2. The fourth-order valence-electron chi connectivity index (χ4n) is 1.88. The minimum Gasteiger partial charge on any atom is -0.391 e. The third-order valence-electron chi connectivity index (χ3n) is 3.09. The van der Waals surface area contributed by atoms with Gasteiger partial charge >= 0.3 is 0 Å². The number of ether oxygens (including phenoxy) is 1. The van der Waals surface area contributed by atoms with Crippen LogP contribution in [-0.4, -0.2) is 17.8 Å². The molecule has 0 bridgehead atoms. The third-order valence-corrected chi connectivity index (χ3v) is 3.09. The number of aliphatic hydroxyl groups is 1. The van der Waals surface area contributed by atoms with Gasteiger partial charge in [0.05, 0.1) is 19.3 Å². The van der Waals surface area contributed by atoms with Crippen molar-refractivity contribution in [2.24, 2.45) is 11.8 Å². The average Bonchev–Trinajstić information content (AvgIpc) is 2.44. The summed E-state index contributed by atoms with van der Waals surface area (Å²) in [5, 5.41) is 10.1. The molecule has 0 unspecified atom stereocenters. The zero-order valence-electron chi connectivity index (χ0n) is 12.1. The molecular weight excluding hydrogens is 236 g/mol. The number of rotatable bonds is 6. The van der Waals surface area contributed by atoms with Crippen LogP contribution in [0.15, 0.2) is 30.3 Å². The van der Waals surface area contributed by atoms with E-state index in [-0.39, 0.29) is 11.8 Å². The third kappa shape index (κ3) is 5.92. The highest BCUT2D eigenvalue weighted by Gasteiger charge is 2.19. The van der Waals surface area contributed by atoms with E-state index in [9.17, 15) is 5.11 Å². The van der Waals surface area contributed by atoms with Crippen molar-refractivity contribution in [1.29, 1.82) is 0 Å². The van der Waals surface area contributed by atoms with E-state index in [1.54, 1.807) is 0 Å². The van der Waals surface area contributed by atoms with Gasteiger partial charge in [0.2, 0.25) is 0 Å². The van der Waals surface area contributed by atoms with E-state index < -0.39 is 6.10 Å². The highest BCUT2D eigenvalue weighted by atomic mass is 16.5. The van der Waals surface area contributed by atoms with Crippen LogP contribution < -0.4 is 0 Å². The molecule has 0 aliphatic rings. The molecule has 0 radical (unpaired) electrons. The Bertz CT molecular complexity index is 402. The van der Waals surface area contributed by atoms with E-state index >= 15 is 0 Å². The van der Waals surface area contributed by atoms with Gasteiger partial charge in [-0.3, -0.25) is 0 Å². The molecule has 0 spiro atoms. The molecule has 0 fully saturated rings. The summed E-state index contributed by atoms with van der Waals surface area (Å²) in [4.78, 5) is 0. The minimum atomic E-state index is -0.435. The first kappa shape index (κ1) is 15.8. The van der Waals surface area contributed by atoms with Gasteiger partial charge in [-0.1, -0.05) is 50.1 Å². The van der Waals surface area contributed by atoms with Crippen molar-refractivity contribution in [2.45, 2.75) is 39.9 Å². The lowest BCUT2D eigenvalue weighted by atomic mass is 9.94. The van der Waals surface area contributed by atoms with Crippen molar-refractivity contribution >= 4 is 0 Å². The zero-order valence-corrected chi connectivity index (χ0v) is 12.1. The second-order valence-electron chi connectivity index (χ2n) is 4.93. The summed E-state index contributed by atoms with van der Waals surface area (Å²) < 4.78 is 5.65. The predicted molar refractivity (Wildman–Crippen MR) is 78.5 cm³/mol. The Labute approximate surface area is 116 Å². The van der Waals surface area contributed by atoms with E-state index in [2.05, 4.69) is 11.8 Å². The first-order valence-electron chi connectivity index (χ1n) is 6.93. The van der Waals surface area contributed by atoms with Crippen LogP contribution in [0.3, 0.4) is 0 Å². The molecule has 2 nitrogen and oxygen atoms in total. The van der Waals surface area contributed by atoms with Crippen LogP contribution in [-0.2, 0) is 11.3 Å². The number of hydrogen-bond donors (Lipinski definition) is 1. The Morgan fingerprint density at radius 1 is 1.21 bits per heavy atom. The summed E-state index contributed by atoms with van der Waals surface area (Å²) in [6, 6.07) is 10.1. The first-order valence-corrected chi connectivity index (χ1v) is 6.93. The number of hydrogen-bond acceptors (Lipinski definition) is 2. The van der Waals surface area contributed by atoms with Crippen LogP contribution in [0.1, 0.15) is 32.8 Å². The van der Waals surface area contributed by atoms with Crippen LogP contribution in [0.5, 0.6) is 0 Å². The summed E-state index contributed by atoms with van der Waals surface area (Å²) in [5.41, 5.74) is 1.16. The molecule has 0 aliphatic heterocycles. The molecule has 1 N–H and O–H groups in total. The summed E-state index contributed by atoms with van der Waals surface area (Å²) >= 11 is 0. The second-order valence-corrected chi connectivity index (χ2v) is 4.93. The number of benzene rings is 1.